The van der Waals surface area contributed by atoms with Gasteiger partial charge in [0.15, 0.2) is 6.10 Å². The Bertz CT molecular complexity index is 1240. The first-order chi connectivity index (χ1) is 16.0. The van der Waals surface area contributed by atoms with Crippen LogP contribution in [0.3, 0.4) is 0 Å². The van der Waals surface area contributed by atoms with E-state index in [9.17, 15) is 24.5 Å². The highest BCUT2D eigenvalue weighted by Gasteiger charge is 2.60. The Morgan fingerprint density at radius 1 is 0.848 bits per heavy atom. The highest BCUT2D eigenvalue weighted by atomic mass is 16.7. The minimum Gasteiger partial charge on any atom is -0.298 e. The lowest BCUT2D eigenvalue weighted by atomic mass is 9.90. The van der Waals surface area contributed by atoms with E-state index in [1.807, 2.05) is 0 Å². The lowest BCUT2D eigenvalue weighted by Crippen LogP contribution is -2.37. The van der Waals surface area contributed by atoms with Crippen LogP contribution in [0.5, 0.6) is 0 Å². The van der Waals surface area contributed by atoms with Crippen LogP contribution in [0, 0.1) is 16.0 Å². The lowest BCUT2D eigenvalue weighted by molar-refractivity contribution is -0.384. The number of hydroxylamine groups is 1. The molecule has 5 rings (SSSR count). The Balaban J connectivity index is 1.58. The SMILES string of the molecule is O=Cc1ccc(N2OC3C(=O)N(c4ccccc4)C(=O)C3C2c2ccc([N+](=O)[O-])cc2)cc1. The summed E-state index contributed by atoms with van der Waals surface area (Å²) in [6.07, 6.45) is -0.342. The van der Waals surface area contributed by atoms with Gasteiger partial charge in [-0.05, 0) is 42.0 Å². The molecular formula is C24H17N3O6. The highest BCUT2D eigenvalue weighted by Crippen LogP contribution is 2.47. The fourth-order valence-corrected chi connectivity index (χ4v) is 4.30. The molecule has 0 aromatic heterocycles. The molecule has 9 heteroatoms. The number of amides is 2. The smallest absolute Gasteiger partial charge is 0.269 e. The van der Waals surface area contributed by atoms with Gasteiger partial charge in [0.1, 0.15) is 12.2 Å². The number of fused-ring (bicyclic) bond motifs is 1. The highest BCUT2D eigenvalue weighted by molar-refractivity contribution is 6.23. The zero-order valence-electron chi connectivity index (χ0n) is 17.1. The predicted molar refractivity (Wildman–Crippen MR) is 117 cm³/mol. The Labute approximate surface area is 187 Å². The summed E-state index contributed by atoms with van der Waals surface area (Å²) >= 11 is 0. The summed E-state index contributed by atoms with van der Waals surface area (Å²) in [7, 11) is 0. The maximum atomic E-state index is 13.5. The normalized spacial score (nSPS) is 21.9. The molecule has 0 N–H and O–H groups in total. The maximum Gasteiger partial charge on any atom is 0.269 e. The van der Waals surface area contributed by atoms with Crippen LogP contribution in [0.1, 0.15) is 22.0 Å². The van der Waals surface area contributed by atoms with E-state index in [0.717, 1.165) is 4.90 Å². The van der Waals surface area contributed by atoms with Gasteiger partial charge in [-0.2, -0.15) is 0 Å². The van der Waals surface area contributed by atoms with Crippen molar-refractivity contribution in [3.05, 3.63) is 100 Å². The van der Waals surface area contributed by atoms with Crippen molar-refractivity contribution in [1.82, 2.24) is 0 Å². The van der Waals surface area contributed by atoms with Crippen molar-refractivity contribution >= 4 is 35.2 Å². The van der Waals surface area contributed by atoms with E-state index in [-0.39, 0.29) is 5.69 Å². The number of nitrogens with zero attached hydrogens (tertiary/aromatic N) is 3. The molecular weight excluding hydrogens is 426 g/mol. The number of hydrogen-bond acceptors (Lipinski definition) is 7. The van der Waals surface area contributed by atoms with Crippen molar-refractivity contribution < 1.29 is 24.1 Å². The first-order valence-corrected chi connectivity index (χ1v) is 10.2. The second-order valence-corrected chi connectivity index (χ2v) is 7.73. The van der Waals surface area contributed by atoms with E-state index in [1.54, 1.807) is 66.7 Å². The van der Waals surface area contributed by atoms with Gasteiger partial charge in [-0.3, -0.25) is 29.3 Å². The molecule has 0 spiro atoms. The Morgan fingerprint density at radius 3 is 2.12 bits per heavy atom. The largest absolute Gasteiger partial charge is 0.298 e. The average molecular weight is 443 g/mol. The summed E-state index contributed by atoms with van der Waals surface area (Å²) < 4.78 is 0. The summed E-state index contributed by atoms with van der Waals surface area (Å²) in [6, 6.07) is 20.3. The number of non-ortho nitro benzene ring substituents is 1. The van der Waals surface area contributed by atoms with Crippen LogP contribution in [0.2, 0.25) is 0 Å². The standard InChI is InChI=1S/C24H17N3O6/c28-14-15-6-10-18(11-7-15)26-21(16-8-12-19(13-9-16)27(31)32)20-22(33-26)24(30)25(23(20)29)17-4-2-1-3-5-17/h1-14,20-22H. The molecule has 164 valence electrons. The van der Waals surface area contributed by atoms with Crippen molar-refractivity contribution in [2.45, 2.75) is 12.1 Å². The van der Waals surface area contributed by atoms with Crippen LogP contribution >= 0.6 is 0 Å². The Morgan fingerprint density at radius 2 is 1.52 bits per heavy atom. The minimum absolute atomic E-state index is 0.0872. The molecule has 2 heterocycles. The molecule has 3 aromatic rings. The van der Waals surface area contributed by atoms with Gasteiger partial charge in [0.05, 0.1) is 22.3 Å². The first kappa shape index (κ1) is 20.5. The van der Waals surface area contributed by atoms with E-state index >= 15 is 0 Å². The third kappa shape index (κ3) is 3.35. The zero-order chi connectivity index (χ0) is 23.1. The monoisotopic (exact) mass is 443 g/mol. The molecule has 3 atom stereocenters. The number of nitro groups is 1. The van der Waals surface area contributed by atoms with Crippen molar-refractivity contribution in [1.29, 1.82) is 0 Å². The molecule has 0 aliphatic carbocycles. The quantitative estimate of drug-likeness (QED) is 0.257. The summed E-state index contributed by atoms with van der Waals surface area (Å²) in [4.78, 5) is 55.5. The van der Waals surface area contributed by atoms with Gasteiger partial charge in [-0.15, -0.1) is 0 Å². The molecule has 3 aromatic carbocycles. The molecule has 0 bridgehead atoms. The number of anilines is 2. The van der Waals surface area contributed by atoms with Crippen molar-refractivity contribution in [3.63, 3.8) is 0 Å². The molecule has 9 nitrogen and oxygen atoms in total. The molecule has 0 radical (unpaired) electrons. The van der Waals surface area contributed by atoms with Gasteiger partial charge in [0, 0.05) is 17.7 Å². The third-order valence-corrected chi connectivity index (χ3v) is 5.86. The molecule has 33 heavy (non-hydrogen) atoms. The Kier molecular flexibility index (Phi) is 4.95. The molecule has 2 amide bonds. The van der Waals surface area contributed by atoms with Gasteiger partial charge in [0.2, 0.25) is 5.91 Å². The first-order valence-electron chi connectivity index (χ1n) is 10.2. The van der Waals surface area contributed by atoms with Crippen LogP contribution in [0.25, 0.3) is 0 Å². The van der Waals surface area contributed by atoms with E-state index in [0.29, 0.717) is 28.8 Å². The summed E-state index contributed by atoms with van der Waals surface area (Å²) in [5.74, 6) is -1.74. The fourth-order valence-electron chi connectivity index (χ4n) is 4.30. The van der Waals surface area contributed by atoms with E-state index in [1.165, 1.54) is 17.2 Å². The fraction of sp³-hybridized carbons (Fsp3) is 0.125. The van der Waals surface area contributed by atoms with Crippen molar-refractivity contribution in [2.24, 2.45) is 5.92 Å². The van der Waals surface area contributed by atoms with Crippen LogP contribution in [0.4, 0.5) is 17.1 Å². The van der Waals surface area contributed by atoms with Gasteiger partial charge in [-0.1, -0.05) is 30.3 Å². The minimum atomic E-state index is -1.05. The second-order valence-electron chi connectivity index (χ2n) is 7.73. The van der Waals surface area contributed by atoms with Crippen LogP contribution < -0.4 is 9.96 Å². The van der Waals surface area contributed by atoms with Crippen molar-refractivity contribution in [3.8, 4) is 0 Å². The number of nitro benzene ring substituents is 1. The molecule has 3 unspecified atom stereocenters. The Hall–Kier alpha value is -4.37. The number of benzene rings is 3. The number of carbonyl (C=O) groups is 3. The number of hydrogen-bond donors (Lipinski definition) is 0. The van der Waals surface area contributed by atoms with E-state index in [2.05, 4.69) is 0 Å². The van der Waals surface area contributed by atoms with Crippen LogP contribution in [0.15, 0.2) is 78.9 Å². The number of rotatable bonds is 5. The van der Waals surface area contributed by atoms with Crippen molar-refractivity contribution in [2.75, 3.05) is 9.96 Å². The predicted octanol–water partition coefficient (Wildman–Crippen LogP) is 3.46. The lowest BCUT2D eigenvalue weighted by Gasteiger charge is -2.28. The molecule has 2 aliphatic heterocycles. The molecule has 2 fully saturated rings. The zero-order valence-corrected chi connectivity index (χ0v) is 17.1. The number of aldehydes is 1. The van der Waals surface area contributed by atoms with Crippen LogP contribution in [-0.4, -0.2) is 29.1 Å². The third-order valence-electron chi connectivity index (χ3n) is 5.86. The number of para-hydroxylation sites is 1. The summed E-state index contributed by atoms with van der Waals surface area (Å²) in [5, 5.41) is 12.6. The average Bonchev–Trinajstić information content (AvgIpc) is 3.35. The van der Waals surface area contributed by atoms with E-state index < -0.39 is 34.8 Å². The molecule has 0 saturated carbocycles. The van der Waals surface area contributed by atoms with Gasteiger partial charge < -0.3 is 0 Å². The summed E-state index contributed by atoms with van der Waals surface area (Å²) in [6.45, 7) is 0. The molecule has 2 aliphatic rings. The summed E-state index contributed by atoms with van der Waals surface area (Å²) in [5.41, 5.74) is 1.96. The molecule has 2 saturated heterocycles. The van der Waals surface area contributed by atoms with Gasteiger partial charge in [-0.25, -0.2) is 9.96 Å². The number of carbonyl (C=O) groups excluding carboxylic acids is 3. The maximum absolute atomic E-state index is 13.5. The van der Waals surface area contributed by atoms with E-state index in [4.69, 9.17) is 4.84 Å². The van der Waals surface area contributed by atoms with Crippen LogP contribution in [-0.2, 0) is 14.4 Å². The second kappa shape index (κ2) is 7.95. The number of imide groups is 1. The van der Waals surface area contributed by atoms with Gasteiger partial charge >= 0.3 is 0 Å². The topological polar surface area (TPSA) is 110 Å². The van der Waals surface area contributed by atoms with Gasteiger partial charge in [0.25, 0.3) is 11.6 Å².